The highest BCUT2D eigenvalue weighted by Gasteiger charge is 2.46. The zero-order valence-electron chi connectivity index (χ0n) is 39.7. The number of nitrogens with one attached hydrogen (secondary N) is 9. The van der Waals surface area contributed by atoms with Gasteiger partial charge in [-0.15, -0.1) is 0 Å². The van der Waals surface area contributed by atoms with Gasteiger partial charge < -0.3 is 52.3 Å². The van der Waals surface area contributed by atoms with Crippen LogP contribution in [0.3, 0.4) is 0 Å². The molecule has 2 aliphatic rings. The second-order valence-corrected chi connectivity index (χ2v) is 18.4. The van der Waals surface area contributed by atoms with Gasteiger partial charge in [0, 0.05) is 31.2 Å². The van der Waals surface area contributed by atoms with Gasteiger partial charge in [0.1, 0.15) is 23.8 Å². The maximum atomic E-state index is 14.4. The van der Waals surface area contributed by atoms with Crippen molar-refractivity contribution in [1.82, 2.24) is 62.5 Å². The molecule has 0 bridgehead atoms. The van der Waals surface area contributed by atoms with E-state index in [2.05, 4.69) is 52.7 Å². The zero-order valence-corrected chi connectivity index (χ0v) is 39.7. The van der Waals surface area contributed by atoms with Gasteiger partial charge in [0.2, 0.25) is 35.4 Å². The number of amides is 8. The number of aromatic amines is 1. The molecule has 1 aromatic heterocycles. The van der Waals surface area contributed by atoms with Crippen LogP contribution >= 0.6 is 0 Å². The highest BCUT2D eigenvalue weighted by Crippen LogP contribution is 2.28. The quantitative estimate of drug-likeness (QED) is 0.0845. The Morgan fingerprint density at radius 3 is 1.66 bits per heavy atom. The summed E-state index contributed by atoms with van der Waals surface area (Å²) in [5, 5.41) is 29.5. The molecule has 3 heterocycles. The van der Waals surface area contributed by atoms with Crippen molar-refractivity contribution in [1.29, 1.82) is 0 Å². The Labute approximate surface area is 391 Å². The summed E-state index contributed by atoms with van der Waals surface area (Å²) in [5.74, 6) is -3.99. The molecule has 0 aliphatic carbocycles. The number of rotatable bonds is 18. The monoisotopic (exact) mass is 927 g/mol. The van der Waals surface area contributed by atoms with Crippen LogP contribution in [-0.2, 0) is 28.8 Å². The van der Waals surface area contributed by atoms with Crippen molar-refractivity contribution in [2.45, 2.75) is 116 Å². The van der Waals surface area contributed by atoms with Crippen molar-refractivity contribution >= 4 is 47.3 Å². The maximum absolute atomic E-state index is 14.4. The van der Waals surface area contributed by atoms with Crippen molar-refractivity contribution in [3.63, 3.8) is 0 Å². The van der Waals surface area contributed by atoms with Gasteiger partial charge >= 0.3 is 0 Å². The molecule has 2 aromatic carbocycles. The van der Waals surface area contributed by atoms with Crippen LogP contribution in [0.1, 0.15) is 105 Å². The van der Waals surface area contributed by atoms with Gasteiger partial charge in [0.25, 0.3) is 11.8 Å². The van der Waals surface area contributed by atoms with Crippen LogP contribution in [0.25, 0.3) is 0 Å². The van der Waals surface area contributed by atoms with Crippen LogP contribution in [0.2, 0.25) is 0 Å². The first-order valence-electron chi connectivity index (χ1n) is 22.6. The average molecular weight is 927 g/mol. The molecule has 5 rings (SSSR count). The standard InChI is InChI=1S/C47H66N12O8/c1-26(30-16-12-10-13-17-30)51-44(65)36-20-32(24-58(36)38(60)23-50-40(61)28(3)48-8)53-42(63)34-22-35(57-56-34)43(64)54-33-21-37(45(66)52-27(2)31-18-14-11-15-19-31)59(25-33)46(67)39(47(5,6)7)55-41(62)29(4)49-9/h10-19,22,26-29,32-33,36-37,39,48-49H,20-21,23-25H2,1-9H3,(H,50,61)(H,51,65)(H,52,66)(H,53,63)(H,54,64)(H,55,62)(H,56,57)/t26-,27-,28+,29+,32+,33+,36+,37+,39-/m1/s1. The molecule has 9 N–H and O–H groups in total. The molecule has 67 heavy (non-hydrogen) atoms. The molecule has 9 atom stereocenters. The van der Waals surface area contributed by atoms with E-state index in [1.807, 2.05) is 95.3 Å². The minimum atomic E-state index is -1.01. The fraction of sp³-hybridized carbons (Fsp3) is 0.511. The SMILES string of the molecule is CN[C@@H](C)C(=O)NCC(=O)N1C[C@@H](NC(=O)c2cc(C(=O)N[C@H]3C[C@@H](C(=O)N[C@H](C)c4ccccc4)N(C(=O)[C@@H](NC(=O)[C@H](C)NC)C(C)(C)C)C3)n[nH]2)C[C@H]1C(=O)N[C@H](C)c1ccccc1. The third kappa shape index (κ3) is 13.2. The first kappa shape index (κ1) is 51.3. The topological polar surface area (TPSA) is 268 Å². The van der Waals surface area contributed by atoms with Crippen LogP contribution in [0, 0.1) is 5.41 Å². The largest absolute Gasteiger partial charge is 0.348 e. The van der Waals surface area contributed by atoms with Crippen LogP contribution in [0.5, 0.6) is 0 Å². The van der Waals surface area contributed by atoms with Gasteiger partial charge in [-0.3, -0.25) is 43.5 Å². The number of hydrogen-bond acceptors (Lipinski definition) is 11. The first-order chi connectivity index (χ1) is 31.7. The van der Waals surface area contributed by atoms with Crippen LogP contribution in [0.15, 0.2) is 66.7 Å². The molecule has 20 nitrogen and oxygen atoms in total. The second-order valence-electron chi connectivity index (χ2n) is 18.4. The predicted molar refractivity (Wildman–Crippen MR) is 249 cm³/mol. The fourth-order valence-electron chi connectivity index (χ4n) is 8.00. The van der Waals surface area contributed by atoms with E-state index < -0.39 is 101 Å². The molecule has 0 spiro atoms. The van der Waals surface area contributed by atoms with E-state index in [0.717, 1.165) is 11.1 Å². The molecule has 0 unspecified atom stereocenters. The number of likely N-dealkylation sites (N-methyl/N-ethyl adjacent to an activating group) is 2. The summed E-state index contributed by atoms with van der Waals surface area (Å²) in [6.07, 6.45) is 0.117. The van der Waals surface area contributed by atoms with E-state index in [0.29, 0.717) is 0 Å². The van der Waals surface area contributed by atoms with Crippen molar-refractivity contribution < 1.29 is 38.4 Å². The Hall–Kier alpha value is -6.67. The van der Waals surface area contributed by atoms with Crippen LogP contribution in [-0.4, -0.2) is 143 Å². The Morgan fingerprint density at radius 1 is 0.672 bits per heavy atom. The minimum absolute atomic E-state index is 0.0364. The predicted octanol–water partition coefficient (Wildman–Crippen LogP) is 0.426. The number of likely N-dealkylation sites (tertiary alicyclic amines) is 2. The van der Waals surface area contributed by atoms with E-state index >= 15 is 0 Å². The Bertz CT molecular complexity index is 2250. The fourth-order valence-corrected chi connectivity index (χ4v) is 8.00. The summed E-state index contributed by atoms with van der Waals surface area (Å²) < 4.78 is 0. The summed E-state index contributed by atoms with van der Waals surface area (Å²) in [6, 6.07) is 13.6. The number of benzene rings is 2. The molecule has 8 amide bonds. The molecule has 0 radical (unpaired) electrons. The molecule has 2 aliphatic heterocycles. The summed E-state index contributed by atoms with van der Waals surface area (Å²) in [7, 11) is 3.24. The van der Waals surface area contributed by atoms with Crippen LogP contribution in [0.4, 0.5) is 0 Å². The lowest BCUT2D eigenvalue weighted by Gasteiger charge is -2.36. The summed E-state index contributed by atoms with van der Waals surface area (Å²) >= 11 is 0. The van der Waals surface area contributed by atoms with E-state index in [1.54, 1.807) is 27.9 Å². The van der Waals surface area contributed by atoms with Gasteiger partial charge in [0.05, 0.1) is 30.7 Å². The molecular weight excluding hydrogens is 861 g/mol. The van der Waals surface area contributed by atoms with E-state index in [1.165, 1.54) is 15.9 Å². The lowest BCUT2D eigenvalue weighted by atomic mass is 9.85. The molecule has 2 fully saturated rings. The number of hydrogen-bond donors (Lipinski definition) is 9. The van der Waals surface area contributed by atoms with E-state index in [-0.39, 0.29) is 49.9 Å². The van der Waals surface area contributed by atoms with Gasteiger partial charge in [-0.1, -0.05) is 81.4 Å². The highest BCUT2D eigenvalue weighted by atomic mass is 16.2. The van der Waals surface area contributed by atoms with E-state index in [9.17, 15) is 38.4 Å². The van der Waals surface area contributed by atoms with Gasteiger partial charge in [-0.25, -0.2) is 0 Å². The summed E-state index contributed by atoms with van der Waals surface area (Å²) in [6.45, 7) is 11.9. The molecule has 0 saturated carbocycles. The highest BCUT2D eigenvalue weighted by molar-refractivity contribution is 5.99. The average Bonchev–Trinajstić information content (AvgIpc) is 4.09. The summed E-state index contributed by atoms with van der Waals surface area (Å²) in [4.78, 5) is 111. The van der Waals surface area contributed by atoms with Gasteiger partial charge in [-0.2, -0.15) is 5.10 Å². The number of carbonyl (C=O) groups excluding carboxylic acids is 8. The Balaban J connectivity index is 1.28. The van der Waals surface area contributed by atoms with Gasteiger partial charge in [0.15, 0.2) is 5.69 Å². The zero-order chi connectivity index (χ0) is 49.2. The van der Waals surface area contributed by atoms with Crippen molar-refractivity contribution in [3.8, 4) is 0 Å². The molecule has 20 heteroatoms. The number of carbonyl (C=O) groups is 8. The van der Waals surface area contributed by atoms with Crippen molar-refractivity contribution in [2.24, 2.45) is 5.41 Å². The molecule has 2 saturated heterocycles. The Morgan fingerprint density at radius 2 is 1.15 bits per heavy atom. The van der Waals surface area contributed by atoms with Crippen molar-refractivity contribution in [2.75, 3.05) is 33.7 Å². The molecule has 362 valence electrons. The van der Waals surface area contributed by atoms with Crippen molar-refractivity contribution in [3.05, 3.63) is 89.2 Å². The Kier molecular flexibility index (Phi) is 17.4. The molecule has 3 aromatic rings. The second kappa shape index (κ2) is 22.7. The number of H-pyrrole nitrogens is 1. The van der Waals surface area contributed by atoms with Crippen LogP contribution < -0.4 is 42.5 Å². The lowest BCUT2D eigenvalue weighted by molar-refractivity contribution is -0.144. The third-order valence-electron chi connectivity index (χ3n) is 12.3. The molecular formula is C47H66N12O8. The third-order valence-corrected chi connectivity index (χ3v) is 12.3. The lowest BCUT2D eigenvalue weighted by Crippen LogP contribution is -2.59. The first-order valence-corrected chi connectivity index (χ1v) is 22.6. The summed E-state index contributed by atoms with van der Waals surface area (Å²) in [5.41, 5.74) is 0.744. The maximum Gasteiger partial charge on any atom is 0.272 e. The van der Waals surface area contributed by atoms with E-state index in [4.69, 9.17) is 0 Å². The smallest absolute Gasteiger partial charge is 0.272 e. The number of nitrogens with zero attached hydrogens (tertiary/aromatic N) is 3. The number of aromatic nitrogens is 2. The van der Waals surface area contributed by atoms with Gasteiger partial charge in [-0.05, 0) is 71.2 Å². The normalized spacial score (nSPS) is 20.4. The minimum Gasteiger partial charge on any atom is -0.348 e.